The van der Waals surface area contributed by atoms with Crippen LogP contribution in [0.15, 0.2) is 36.8 Å². The lowest BCUT2D eigenvalue weighted by Crippen LogP contribution is -2.38. The van der Waals surface area contributed by atoms with Crippen molar-refractivity contribution in [1.29, 1.82) is 0 Å². The van der Waals surface area contributed by atoms with Crippen LogP contribution in [0.3, 0.4) is 0 Å². The highest BCUT2D eigenvalue weighted by atomic mass is 35.5. The van der Waals surface area contributed by atoms with Gasteiger partial charge in [0.05, 0.1) is 5.56 Å². The summed E-state index contributed by atoms with van der Waals surface area (Å²) in [6.07, 6.45) is 6.99. The number of H-pyrrole nitrogens is 1. The van der Waals surface area contributed by atoms with Crippen LogP contribution in [0.5, 0.6) is 0 Å². The van der Waals surface area contributed by atoms with E-state index in [2.05, 4.69) is 25.2 Å². The van der Waals surface area contributed by atoms with Gasteiger partial charge in [0.2, 0.25) is 5.95 Å². The van der Waals surface area contributed by atoms with Gasteiger partial charge in [0, 0.05) is 54.2 Å². The van der Waals surface area contributed by atoms with Crippen LogP contribution in [0.2, 0.25) is 5.02 Å². The number of hydrogen-bond donors (Lipinski definition) is 4. The van der Waals surface area contributed by atoms with Crippen molar-refractivity contribution in [2.24, 2.45) is 5.92 Å². The Balaban J connectivity index is 1.25. The number of carbonyl (C=O) groups is 1. The van der Waals surface area contributed by atoms with Gasteiger partial charge in [0.25, 0.3) is 5.91 Å². The van der Waals surface area contributed by atoms with Gasteiger partial charge in [-0.15, -0.1) is 0 Å². The fourth-order valence-corrected chi connectivity index (χ4v) is 3.88. The first-order chi connectivity index (χ1) is 14.1. The number of halogens is 1. The van der Waals surface area contributed by atoms with Gasteiger partial charge >= 0.3 is 0 Å². The molecule has 4 rings (SSSR count). The maximum Gasteiger partial charge on any atom is 0.277 e. The number of fused-ring (bicyclic) bond motifs is 1. The molecule has 8 nitrogen and oxygen atoms in total. The smallest absolute Gasteiger partial charge is 0.277 e. The maximum atomic E-state index is 11.3. The Morgan fingerprint density at radius 2 is 2.03 bits per heavy atom. The molecule has 1 aromatic carbocycles. The number of anilines is 1. The summed E-state index contributed by atoms with van der Waals surface area (Å²) in [6, 6.07) is 5.89. The van der Waals surface area contributed by atoms with Crippen molar-refractivity contribution in [3.63, 3.8) is 0 Å². The highest BCUT2D eigenvalue weighted by Gasteiger charge is 2.21. The summed E-state index contributed by atoms with van der Waals surface area (Å²) >= 11 is 6.12. The second-order valence-corrected chi connectivity index (χ2v) is 7.71. The molecule has 0 radical (unpaired) electrons. The number of piperidine rings is 1. The predicted molar refractivity (Wildman–Crippen MR) is 111 cm³/mol. The summed E-state index contributed by atoms with van der Waals surface area (Å²) in [7, 11) is 0. The minimum atomic E-state index is -0.612. The summed E-state index contributed by atoms with van der Waals surface area (Å²) in [6.45, 7) is 3.51. The molecule has 29 heavy (non-hydrogen) atoms. The SMILES string of the molecule is O=C(NO)c1cnc(N2CCC(CNCc3c[nH]c4ccc(Cl)cc34)CC2)nc1. The quantitative estimate of drug-likeness (QED) is 0.365. The van der Waals surface area contributed by atoms with Gasteiger partial charge in [-0.3, -0.25) is 10.0 Å². The summed E-state index contributed by atoms with van der Waals surface area (Å²) in [5.41, 5.74) is 4.13. The number of hydrogen-bond acceptors (Lipinski definition) is 6. The zero-order valence-corrected chi connectivity index (χ0v) is 16.6. The van der Waals surface area contributed by atoms with Crippen molar-refractivity contribution in [3.8, 4) is 0 Å². The molecule has 0 saturated carbocycles. The third-order valence-corrected chi connectivity index (χ3v) is 5.61. The second kappa shape index (κ2) is 8.77. The van der Waals surface area contributed by atoms with E-state index in [1.165, 1.54) is 18.0 Å². The van der Waals surface area contributed by atoms with E-state index in [1.54, 1.807) is 5.48 Å². The molecule has 9 heteroatoms. The molecule has 1 fully saturated rings. The maximum absolute atomic E-state index is 11.3. The molecular formula is C20H23ClN6O2. The first-order valence-corrected chi connectivity index (χ1v) is 9.99. The van der Waals surface area contributed by atoms with Crippen molar-refractivity contribution in [3.05, 3.63) is 52.9 Å². The Hall–Kier alpha value is -2.68. The summed E-state index contributed by atoms with van der Waals surface area (Å²) in [4.78, 5) is 25.2. The second-order valence-electron chi connectivity index (χ2n) is 7.28. The van der Waals surface area contributed by atoms with Crippen LogP contribution in [0.25, 0.3) is 10.9 Å². The summed E-state index contributed by atoms with van der Waals surface area (Å²) < 4.78 is 0. The lowest BCUT2D eigenvalue weighted by molar-refractivity contribution is 0.0705. The van der Waals surface area contributed by atoms with Crippen molar-refractivity contribution >= 4 is 34.4 Å². The number of benzene rings is 1. The fourth-order valence-electron chi connectivity index (χ4n) is 3.71. The number of rotatable bonds is 6. The molecule has 0 spiro atoms. The standard InChI is InChI=1S/C20H23ClN6O2/c21-16-1-2-18-17(7-16)14(10-23-18)9-22-8-13-3-5-27(6-4-13)20-24-11-15(12-25-20)19(28)26-29/h1-2,7,10-13,22-23,29H,3-6,8-9H2,(H,26,28). The molecule has 4 N–H and O–H groups in total. The van der Waals surface area contributed by atoms with Crippen LogP contribution in [0, 0.1) is 5.92 Å². The highest BCUT2D eigenvalue weighted by molar-refractivity contribution is 6.31. The number of aromatic amines is 1. The highest BCUT2D eigenvalue weighted by Crippen LogP contribution is 2.23. The molecule has 1 amide bonds. The van der Waals surface area contributed by atoms with Crippen LogP contribution in [0.4, 0.5) is 5.95 Å². The van der Waals surface area contributed by atoms with Crippen LogP contribution in [-0.2, 0) is 6.54 Å². The molecule has 0 bridgehead atoms. The van der Waals surface area contributed by atoms with Crippen LogP contribution >= 0.6 is 11.6 Å². The number of hydroxylamine groups is 1. The van der Waals surface area contributed by atoms with Gasteiger partial charge in [0.1, 0.15) is 0 Å². The molecule has 1 aliphatic rings. The van der Waals surface area contributed by atoms with Crippen molar-refractivity contribution in [1.82, 2.24) is 25.7 Å². The van der Waals surface area contributed by atoms with E-state index in [1.807, 2.05) is 24.4 Å². The van der Waals surface area contributed by atoms with Crippen molar-refractivity contribution in [2.75, 3.05) is 24.5 Å². The van der Waals surface area contributed by atoms with Crippen LogP contribution in [0.1, 0.15) is 28.8 Å². The third kappa shape index (κ3) is 4.50. The molecule has 152 valence electrons. The van der Waals surface area contributed by atoms with Crippen LogP contribution in [-0.4, -0.2) is 45.7 Å². The molecule has 2 aromatic heterocycles. The predicted octanol–water partition coefficient (Wildman–Crippen LogP) is 2.74. The molecule has 1 saturated heterocycles. The number of nitrogens with one attached hydrogen (secondary N) is 3. The average molecular weight is 415 g/mol. The lowest BCUT2D eigenvalue weighted by Gasteiger charge is -2.32. The van der Waals surface area contributed by atoms with Crippen molar-refractivity contribution in [2.45, 2.75) is 19.4 Å². The van der Waals surface area contributed by atoms with E-state index in [-0.39, 0.29) is 5.56 Å². The summed E-state index contributed by atoms with van der Waals surface area (Å²) in [5.74, 6) is 0.597. The lowest BCUT2D eigenvalue weighted by atomic mass is 9.97. The first-order valence-electron chi connectivity index (χ1n) is 9.61. The zero-order chi connectivity index (χ0) is 20.2. The third-order valence-electron chi connectivity index (χ3n) is 5.38. The minimum absolute atomic E-state index is 0.230. The number of carbonyl (C=O) groups excluding carboxylic acids is 1. The van der Waals surface area contributed by atoms with Gasteiger partial charge in [-0.25, -0.2) is 15.4 Å². The number of aromatic nitrogens is 3. The van der Waals surface area contributed by atoms with Crippen LogP contribution < -0.4 is 15.7 Å². The molecule has 3 aromatic rings. The Bertz CT molecular complexity index is 982. The largest absolute Gasteiger partial charge is 0.361 e. The molecule has 0 unspecified atom stereocenters. The van der Waals surface area contributed by atoms with Gasteiger partial charge in [-0.2, -0.15) is 0 Å². The zero-order valence-electron chi connectivity index (χ0n) is 15.9. The monoisotopic (exact) mass is 414 g/mol. The van der Waals surface area contributed by atoms with E-state index in [9.17, 15) is 4.79 Å². The Morgan fingerprint density at radius 1 is 1.28 bits per heavy atom. The fraction of sp³-hybridized carbons (Fsp3) is 0.350. The van der Waals surface area contributed by atoms with Crippen molar-refractivity contribution < 1.29 is 10.0 Å². The molecule has 1 aliphatic heterocycles. The number of amides is 1. The minimum Gasteiger partial charge on any atom is -0.361 e. The van der Waals surface area contributed by atoms with Gasteiger partial charge in [0.15, 0.2) is 0 Å². The molecule has 3 heterocycles. The van der Waals surface area contributed by atoms with Gasteiger partial charge in [-0.05, 0) is 49.1 Å². The average Bonchev–Trinajstić information content (AvgIpc) is 3.16. The Morgan fingerprint density at radius 3 is 2.76 bits per heavy atom. The van der Waals surface area contributed by atoms with E-state index >= 15 is 0 Å². The normalized spacial score (nSPS) is 15.0. The Kier molecular flexibility index (Phi) is 5.94. The van der Waals surface area contributed by atoms with E-state index < -0.39 is 5.91 Å². The topological polar surface area (TPSA) is 106 Å². The Labute approximate surface area is 173 Å². The van der Waals surface area contributed by atoms with E-state index in [0.717, 1.165) is 54.9 Å². The molecule has 0 aliphatic carbocycles. The molecule has 0 atom stereocenters. The van der Waals surface area contributed by atoms with E-state index in [0.29, 0.717) is 11.9 Å². The number of nitrogens with zero attached hydrogens (tertiary/aromatic N) is 3. The van der Waals surface area contributed by atoms with E-state index in [4.69, 9.17) is 16.8 Å². The molecular weight excluding hydrogens is 392 g/mol. The first kappa shape index (κ1) is 19.6. The van der Waals surface area contributed by atoms with Gasteiger partial charge < -0.3 is 15.2 Å². The summed E-state index contributed by atoms with van der Waals surface area (Å²) in [5, 5.41) is 14.1. The van der Waals surface area contributed by atoms with Gasteiger partial charge in [-0.1, -0.05) is 11.6 Å².